The molecule has 3 saturated heterocycles. The minimum Gasteiger partial charge on any atom is -0.378 e. The van der Waals surface area contributed by atoms with Crippen molar-refractivity contribution in [2.75, 3.05) is 84.1 Å². The first kappa shape index (κ1) is 33.3. The molecule has 0 spiro atoms. The number of nitrogens with zero attached hydrogens (tertiary/aromatic N) is 5. The fourth-order valence-electron chi connectivity index (χ4n) is 6.30. The number of hydrogen-bond acceptors (Lipinski definition) is 9. The molecule has 3 fully saturated rings. The molecular weight excluding hydrogens is 545 g/mol. The number of nitrogens with one attached hydrogen (secondary N) is 2. The van der Waals surface area contributed by atoms with Gasteiger partial charge in [-0.1, -0.05) is 32.2 Å². The van der Waals surface area contributed by atoms with Gasteiger partial charge in [-0.25, -0.2) is 14.4 Å². The predicted molar refractivity (Wildman–Crippen MR) is 173 cm³/mol. The van der Waals surface area contributed by atoms with Crippen LogP contribution in [0.4, 0.5) is 10.3 Å². The van der Waals surface area contributed by atoms with Crippen molar-refractivity contribution in [3.63, 3.8) is 0 Å². The molecule has 0 amide bonds. The van der Waals surface area contributed by atoms with E-state index in [2.05, 4.69) is 51.7 Å². The summed E-state index contributed by atoms with van der Waals surface area (Å²) < 4.78 is 20.3. The van der Waals surface area contributed by atoms with Gasteiger partial charge < -0.3 is 24.7 Å². The van der Waals surface area contributed by atoms with Crippen LogP contribution in [0.1, 0.15) is 57.6 Å². The molecule has 0 saturated carbocycles. The maximum atomic E-state index is 14.7. The molecule has 0 aliphatic carbocycles. The number of aromatic nitrogens is 2. The SMILES string of the molecule is C=C1CCCCN1C1CCN(CC(/C=C(\C)F)=c2\nc(N3CCOCC3)nc([C@H](/C=C/CNOC)CNCC)c2=C)CC1. The highest BCUT2D eigenvalue weighted by Crippen LogP contribution is 2.27. The summed E-state index contributed by atoms with van der Waals surface area (Å²) >= 11 is 0. The summed E-state index contributed by atoms with van der Waals surface area (Å²) in [5.74, 6) is 0.366. The first-order chi connectivity index (χ1) is 20.9. The molecule has 1 atom stereocenters. The zero-order valence-corrected chi connectivity index (χ0v) is 26.5. The summed E-state index contributed by atoms with van der Waals surface area (Å²) in [6.45, 7) is 20.9. The Kier molecular flexibility index (Phi) is 13.2. The molecule has 0 bridgehead atoms. The summed E-state index contributed by atoms with van der Waals surface area (Å²) in [7, 11) is 1.61. The number of likely N-dealkylation sites (tertiary alicyclic amines) is 2. The molecule has 2 N–H and O–H groups in total. The molecule has 10 heteroatoms. The van der Waals surface area contributed by atoms with Crippen molar-refractivity contribution in [2.24, 2.45) is 0 Å². The van der Waals surface area contributed by atoms with Crippen LogP contribution >= 0.6 is 0 Å². The minimum atomic E-state index is -0.239. The number of likely N-dealkylation sites (N-methyl/N-ethyl adjacent to an activating group) is 1. The lowest BCUT2D eigenvalue weighted by Crippen LogP contribution is -2.47. The van der Waals surface area contributed by atoms with E-state index in [9.17, 15) is 4.39 Å². The number of ether oxygens (including phenoxy) is 1. The van der Waals surface area contributed by atoms with Crippen LogP contribution in [0.15, 0.2) is 36.3 Å². The van der Waals surface area contributed by atoms with E-state index in [1.165, 1.54) is 25.5 Å². The third-order valence-electron chi connectivity index (χ3n) is 8.59. The van der Waals surface area contributed by atoms with E-state index in [-0.39, 0.29) is 11.7 Å². The number of rotatable bonds is 13. The van der Waals surface area contributed by atoms with E-state index in [0.717, 1.165) is 67.3 Å². The third kappa shape index (κ3) is 9.43. The second-order valence-corrected chi connectivity index (χ2v) is 11.7. The van der Waals surface area contributed by atoms with Crippen LogP contribution in [0, 0.1) is 0 Å². The average Bonchev–Trinajstić information content (AvgIpc) is 3.02. The highest BCUT2D eigenvalue weighted by atomic mass is 19.1. The van der Waals surface area contributed by atoms with Crippen LogP contribution in [-0.4, -0.2) is 105 Å². The number of morpholine rings is 1. The standard InChI is InChI=1S/C33H52FN7O2/c1-6-35-23-28(11-9-14-36-42-5)31-27(4)32(38-33(37-31)40-18-20-43-21-19-40)29(22-25(2)34)24-39-16-12-30(13-17-39)41-15-8-7-10-26(41)3/h9,11,22,28,30,35-36H,3-4,6-8,10,12-21,23-24H2,1-2,5H3/b11-9+,25-22+,32-29-/t28-/m1/s1. The zero-order chi connectivity index (χ0) is 30.6. The summed E-state index contributed by atoms with van der Waals surface area (Å²) in [6, 6.07) is 0.541. The molecule has 238 valence electrons. The number of halogens is 1. The van der Waals surface area contributed by atoms with E-state index in [1.807, 2.05) is 6.08 Å². The second kappa shape index (κ2) is 17.0. The molecular formula is C33H52FN7O2. The fraction of sp³-hybridized carbons (Fsp3) is 0.636. The van der Waals surface area contributed by atoms with Crippen molar-refractivity contribution in [2.45, 2.75) is 57.9 Å². The molecule has 4 rings (SSSR count). The number of piperidine rings is 2. The van der Waals surface area contributed by atoms with Crippen LogP contribution in [0.3, 0.4) is 0 Å². The predicted octanol–water partition coefficient (Wildman–Crippen LogP) is 2.61. The van der Waals surface area contributed by atoms with Gasteiger partial charge in [0.1, 0.15) is 0 Å². The van der Waals surface area contributed by atoms with Gasteiger partial charge in [-0.3, -0.25) is 4.90 Å². The molecule has 4 heterocycles. The lowest BCUT2D eigenvalue weighted by Gasteiger charge is -2.42. The summed E-state index contributed by atoms with van der Waals surface area (Å²) in [4.78, 5) is 22.3. The molecule has 1 aromatic rings. The van der Waals surface area contributed by atoms with Crippen LogP contribution in [0.5, 0.6) is 0 Å². The quantitative estimate of drug-likeness (QED) is 0.203. The number of hydrogen-bond donors (Lipinski definition) is 2. The van der Waals surface area contributed by atoms with Crippen molar-refractivity contribution >= 4 is 18.1 Å². The lowest BCUT2D eigenvalue weighted by molar-refractivity contribution is 0.101. The number of anilines is 1. The van der Waals surface area contributed by atoms with Crippen molar-refractivity contribution in [3.8, 4) is 0 Å². The van der Waals surface area contributed by atoms with E-state index in [0.29, 0.717) is 57.9 Å². The average molecular weight is 598 g/mol. The molecule has 0 radical (unpaired) electrons. The van der Waals surface area contributed by atoms with Crippen LogP contribution in [0.2, 0.25) is 0 Å². The van der Waals surface area contributed by atoms with Crippen molar-refractivity contribution in [1.82, 2.24) is 30.6 Å². The molecule has 9 nitrogen and oxygen atoms in total. The van der Waals surface area contributed by atoms with Crippen molar-refractivity contribution in [3.05, 3.63) is 52.6 Å². The zero-order valence-electron chi connectivity index (χ0n) is 26.5. The van der Waals surface area contributed by atoms with Gasteiger partial charge in [-0.2, -0.15) is 5.48 Å². The Morgan fingerprint density at radius 3 is 2.58 bits per heavy atom. The molecule has 1 aromatic heterocycles. The first-order valence-electron chi connectivity index (χ1n) is 16.0. The largest absolute Gasteiger partial charge is 0.378 e. The summed E-state index contributed by atoms with van der Waals surface area (Å²) in [5.41, 5.74) is 5.85. The highest BCUT2D eigenvalue weighted by molar-refractivity contribution is 5.59. The van der Waals surface area contributed by atoms with Gasteiger partial charge >= 0.3 is 0 Å². The van der Waals surface area contributed by atoms with E-state index < -0.39 is 0 Å². The van der Waals surface area contributed by atoms with Crippen LogP contribution in [-0.2, 0) is 9.57 Å². The van der Waals surface area contributed by atoms with Gasteiger partial charge in [-0.15, -0.1) is 0 Å². The maximum Gasteiger partial charge on any atom is 0.226 e. The van der Waals surface area contributed by atoms with Gasteiger partial charge in [0.25, 0.3) is 0 Å². The van der Waals surface area contributed by atoms with Gasteiger partial charge in [0.15, 0.2) is 0 Å². The monoisotopic (exact) mass is 597 g/mol. The molecule has 0 unspecified atom stereocenters. The molecule has 3 aliphatic rings. The Morgan fingerprint density at radius 1 is 1.14 bits per heavy atom. The van der Waals surface area contributed by atoms with Crippen molar-refractivity contribution in [1.29, 1.82) is 0 Å². The number of allylic oxidation sites excluding steroid dienone is 2. The molecule has 43 heavy (non-hydrogen) atoms. The van der Waals surface area contributed by atoms with Gasteiger partial charge in [0.05, 0.1) is 37.2 Å². The van der Waals surface area contributed by atoms with E-state index >= 15 is 0 Å². The second-order valence-electron chi connectivity index (χ2n) is 11.7. The van der Waals surface area contributed by atoms with E-state index in [4.69, 9.17) is 19.5 Å². The fourth-order valence-corrected chi connectivity index (χ4v) is 6.30. The Bertz CT molecular complexity index is 1220. The summed E-state index contributed by atoms with van der Waals surface area (Å²) in [6.07, 6.45) is 11.6. The molecule has 0 aromatic carbocycles. The Labute approximate surface area is 257 Å². The van der Waals surface area contributed by atoms with Gasteiger partial charge in [0, 0.05) is 75.2 Å². The lowest BCUT2D eigenvalue weighted by atomic mass is 9.97. The minimum absolute atomic E-state index is 0.0438. The topological polar surface area (TPSA) is 78.0 Å². The van der Waals surface area contributed by atoms with Crippen LogP contribution in [0.25, 0.3) is 12.2 Å². The van der Waals surface area contributed by atoms with Gasteiger partial charge in [0.2, 0.25) is 5.95 Å². The maximum absolute atomic E-state index is 14.7. The normalized spacial score (nSPS) is 21.1. The smallest absolute Gasteiger partial charge is 0.226 e. The Balaban J connectivity index is 1.70. The van der Waals surface area contributed by atoms with E-state index in [1.54, 1.807) is 13.2 Å². The highest BCUT2D eigenvalue weighted by Gasteiger charge is 2.27. The van der Waals surface area contributed by atoms with Crippen LogP contribution < -0.4 is 26.3 Å². The number of hydroxylamine groups is 1. The Morgan fingerprint density at radius 2 is 1.91 bits per heavy atom. The summed E-state index contributed by atoms with van der Waals surface area (Å²) in [5, 5.41) is 4.94. The first-order valence-corrected chi connectivity index (χ1v) is 16.0. The van der Waals surface area contributed by atoms with Crippen molar-refractivity contribution < 1.29 is 14.0 Å². The Hall–Kier alpha value is -2.63. The molecule has 3 aliphatic heterocycles. The van der Waals surface area contributed by atoms with Gasteiger partial charge in [-0.05, 0) is 57.2 Å². The third-order valence-corrected chi connectivity index (χ3v) is 8.59.